The number of nitrogens with zero attached hydrogens (tertiary/aromatic N) is 1. The summed E-state index contributed by atoms with van der Waals surface area (Å²) in [7, 11) is 1.73. The zero-order chi connectivity index (χ0) is 13.8. The van der Waals surface area contributed by atoms with Gasteiger partial charge in [0.25, 0.3) is 5.69 Å². The second-order valence-electron chi connectivity index (χ2n) is 4.77. The number of nitro groups is 1. The predicted octanol–water partition coefficient (Wildman–Crippen LogP) is 3.73. The molecule has 0 aromatic heterocycles. The van der Waals surface area contributed by atoms with Gasteiger partial charge in [-0.15, -0.1) is 0 Å². The Hall–Kier alpha value is -1.14. The van der Waals surface area contributed by atoms with Crippen molar-refractivity contribution in [1.29, 1.82) is 0 Å². The van der Waals surface area contributed by atoms with Crippen LogP contribution in [-0.4, -0.2) is 24.2 Å². The molecule has 0 radical (unpaired) electrons. The van der Waals surface area contributed by atoms with Gasteiger partial charge in [-0.25, -0.2) is 0 Å². The number of anilines is 1. The summed E-state index contributed by atoms with van der Waals surface area (Å²) < 4.78 is 6.04. The third-order valence-corrected chi connectivity index (χ3v) is 4.02. The monoisotopic (exact) mass is 328 g/mol. The molecule has 1 saturated carbocycles. The van der Waals surface area contributed by atoms with Gasteiger partial charge in [0.1, 0.15) is 5.69 Å². The number of hydrogen-bond acceptors (Lipinski definition) is 4. The van der Waals surface area contributed by atoms with E-state index in [1.807, 2.05) is 6.07 Å². The second kappa shape index (κ2) is 6.34. The highest BCUT2D eigenvalue weighted by Gasteiger charge is 2.23. The lowest BCUT2D eigenvalue weighted by Crippen LogP contribution is -2.29. The van der Waals surface area contributed by atoms with E-state index in [4.69, 9.17) is 4.74 Å². The van der Waals surface area contributed by atoms with Gasteiger partial charge in [0.2, 0.25) is 0 Å². The molecule has 0 spiro atoms. The largest absolute Gasteiger partial charge is 0.381 e. The van der Waals surface area contributed by atoms with Crippen LogP contribution >= 0.6 is 15.9 Å². The topological polar surface area (TPSA) is 64.4 Å². The molecule has 1 aromatic carbocycles. The van der Waals surface area contributed by atoms with Gasteiger partial charge in [-0.2, -0.15) is 0 Å². The number of methoxy groups -OCH3 is 1. The predicted molar refractivity (Wildman–Crippen MR) is 77.5 cm³/mol. The molecular formula is C13H17BrN2O3. The highest BCUT2D eigenvalue weighted by Crippen LogP contribution is 2.31. The summed E-state index contributed by atoms with van der Waals surface area (Å²) in [4.78, 5) is 10.7. The van der Waals surface area contributed by atoms with Crippen molar-refractivity contribution in [1.82, 2.24) is 0 Å². The van der Waals surface area contributed by atoms with Gasteiger partial charge in [0.15, 0.2) is 0 Å². The summed E-state index contributed by atoms with van der Waals surface area (Å²) in [6, 6.07) is 5.38. The minimum Gasteiger partial charge on any atom is -0.381 e. The van der Waals surface area contributed by atoms with Crippen molar-refractivity contribution in [2.45, 2.75) is 37.8 Å². The highest BCUT2D eigenvalue weighted by atomic mass is 79.9. The normalized spacial score (nSPS) is 23.1. The molecule has 0 aliphatic heterocycles. The maximum atomic E-state index is 11.0. The lowest BCUT2D eigenvalue weighted by molar-refractivity contribution is -0.384. The molecule has 1 N–H and O–H groups in total. The fourth-order valence-electron chi connectivity index (χ4n) is 2.44. The van der Waals surface area contributed by atoms with E-state index < -0.39 is 0 Å². The Labute approximate surface area is 120 Å². The van der Waals surface area contributed by atoms with Crippen LogP contribution in [0, 0.1) is 10.1 Å². The van der Waals surface area contributed by atoms with Gasteiger partial charge in [-0.05, 0) is 37.8 Å². The van der Waals surface area contributed by atoms with Crippen molar-refractivity contribution in [2.75, 3.05) is 12.4 Å². The average molecular weight is 329 g/mol. The van der Waals surface area contributed by atoms with E-state index in [0.29, 0.717) is 16.3 Å². The lowest BCUT2D eigenvalue weighted by Gasteiger charge is -2.28. The number of ether oxygens (including phenoxy) is 1. The Morgan fingerprint density at radius 2 is 2.05 bits per heavy atom. The van der Waals surface area contributed by atoms with Gasteiger partial charge >= 0.3 is 0 Å². The Morgan fingerprint density at radius 3 is 2.63 bits per heavy atom. The van der Waals surface area contributed by atoms with E-state index in [1.165, 1.54) is 6.07 Å². The minimum atomic E-state index is -0.353. The quantitative estimate of drug-likeness (QED) is 0.675. The molecular weight excluding hydrogens is 312 g/mol. The standard InChI is InChI=1S/C13H17BrN2O3/c1-19-11-5-3-10(4-6-11)15-12-7-2-9(14)8-13(12)16(17)18/h2,7-8,10-11,15H,3-6H2,1H3. The van der Waals surface area contributed by atoms with Gasteiger partial charge in [0, 0.05) is 23.7 Å². The molecule has 0 amide bonds. The van der Waals surface area contributed by atoms with Crippen LogP contribution in [0.5, 0.6) is 0 Å². The van der Waals surface area contributed by atoms with Crippen LogP contribution in [0.4, 0.5) is 11.4 Å². The fourth-order valence-corrected chi connectivity index (χ4v) is 2.79. The molecule has 1 fully saturated rings. The van der Waals surface area contributed by atoms with Gasteiger partial charge in [0.05, 0.1) is 11.0 Å². The molecule has 19 heavy (non-hydrogen) atoms. The molecule has 0 unspecified atom stereocenters. The van der Waals surface area contributed by atoms with Gasteiger partial charge in [-0.3, -0.25) is 10.1 Å². The second-order valence-corrected chi connectivity index (χ2v) is 5.69. The van der Waals surface area contributed by atoms with Crippen molar-refractivity contribution in [3.63, 3.8) is 0 Å². The van der Waals surface area contributed by atoms with Crippen molar-refractivity contribution < 1.29 is 9.66 Å². The smallest absolute Gasteiger partial charge is 0.293 e. The van der Waals surface area contributed by atoms with Crippen molar-refractivity contribution in [3.05, 3.63) is 32.8 Å². The highest BCUT2D eigenvalue weighted by molar-refractivity contribution is 9.10. The Balaban J connectivity index is 2.05. The van der Waals surface area contributed by atoms with E-state index >= 15 is 0 Å². The summed E-state index contributed by atoms with van der Waals surface area (Å²) in [5.74, 6) is 0. The SMILES string of the molecule is COC1CCC(Nc2ccc(Br)cc2[N+](=O)[O-])CC1. The zero-order valence-electron chi connectivity index (χ0n) is 10.8. The Kier molecular flexibility index (Phi) is 4.76. The maximum absolute atomic E-state index is 11.0. The summed E-state index contributed by atoms with van der Waals surface area (Å²) in [5, 5.41) is 14.3. The van der Waals surface area contributed by atoms with Crippen LogP contribution in [-0.2, 0) is 4.74 Å². The van der Waals surface area contributed by atoms with Crippen LogP contribution in [0.25, 0.3) is 0 Å². The van der Waals surface area contributed by atoms with E-state index in [-0.39, 0.29) is 16.7 Å². The first kappa shape index (κ1) is 14.3. The number of benzene rings is 1. The molecule has 0 heterocycles. The van der Waals surface area contributed by atoms with E-state index in [1.54, 1.807) is 13.2 Å². The van der Waals surface area contributed by atoms with E-state index in [0.717, 1.165) is 25.7 Å². The average Bonchev–Trinajstić information content (AvgIpc) is 2.41. The van der Waals surface area contributed by atoms with Crippen LogP contribution in [0.15, 0.2) is 22.7 Å². The Morgan fingerprint density at radius 1 is 1.37 bits per heavy atom. The van der Waals surface area contributed by atoms with Crippen molar-refractivity contribution in [2.24, 2.45) is 0 Å². The first-order valence-corrected chi connectivity index (χ1v) is 7.12. The fraction of sp³-hybridized carbons (Fsp3) is 0.538. The third kappa shape index (κ3) is 3.67. The molecule has 0 bridgehead atoms. The van der Waals surface area contributed by atoms with Crippen LogP contribution in [0.3, 0.4) is 0 Å². The number of nitro benzene ring substituents is 1. The van der Waals surface area contributed by atoms with Gasteiger partial charge in [-0.1, -0.05) is 15.9 Å². The number of rotatable bonds is 4. The summed E-state index contributed by atoms with van der Waals surface area (Å²) in [5.41, 5.74) is 0.706. The molecule has 1 aliphatic carbocycles. The molecule has 6 heteroatoms. The molecule has 0 saturated heterocycles. The molecule has 2 rings (SSSR count). The summed E-state index contributed by atoms with van der Waals surface area (Å²) in [6.07, 6.45) is 4.28. The summed E-state index contributed by atoms with van der Waals surface area (Å²) in [6.45, 7) is 0. The Bertz CT molecular complexity index is 459. The van der Waals surface area contributed by atoms with E-state index in [2.05, 4.69) is 21.2 Å². The van der Waals surface area contributed by atoms with Crippen molar-refractivity contribution in [3.8, 4) is 0 Å². The zero-order valence-corrected chi connectivity index (χ0v) is 12.4. The maximum Gasteiger partial charge on any atom is 0.293 e. The molecule has 5 nitrogen and oxygen atoms in total. The minimum absolute atomic E-state index is 0.114. The lowest BCUT2D eigenvalue weighted by atomic mass is 9.93. The van der Waals surface area contributed by atoms with Crippen LogP contribution < -0.4 is 5.32 Å². The number of halogens is 1. The molecule has 1 aromatic rings. The summed E-state index contributed by atoms with van der Waals surface area (Å²) >= 11 is 3.26. The first-order chi connectivity index (χ1) is 9.10. The van der Waals surface area contributed by atoms with Crippen LogP contribution in [0.1, 0.15) is 25.7 Å². The van der Waals surface area contributed by atoms with E-state index in [9.17, 15) is 10.1 Å². The third-order valence-electron chi connectivity index (χ3n) is 3.52. The molecule has 1 aliphatic rings. The number of hydrogen-bond donors (Lipinski definition) is 1. The molecule has 104 valence electrons. The molecule has 0 atom stereocenters. The van der Waals surface area contributed by atoms with Crippen LogP contribution in [0.2, 0.25) is 0 Å². The first-order valence-electron chi connectivity index (χ1n) is 6.33. The van der Waals surface area contributed by atoms with Gasteiger partial charge < -0.3 is 10.1 Å². The van der Waals surface area contributed by atoms with Crippen molar-refractivity contribution >= 4 is 27.3 Å². The number of nitrogens with one attached hydrogen (secondary N) is 1.